The van der Waals surface area contributed by atoms with Crippen LogP contribution in [-0.4, -0.2) is 5.78 Å². The zero-order valence-electron chi connectivity index (χ0n) is 11.3. The van der Waals surface area contributed by atoms with Crippen LogP contribution in [0.3, 0.4) is 0 Å². The van der Waals surface area contributed by atoms with E-state index in [9.17, 15) is 4.79 Å². The van der Waals surface area contributed by atoms with E-state index < -0.39 is 0 Å². The number of Topliss-reactive ketones (excluding diaryl/α,β-unsaturated/α-hetero) is 1. The van der Waals surface area contributed by atoms with Gasteiger partial charge in [-0.3, -0.25) is 4.79 Å². The zero-order valence-corrected chi connectivity index (χ0v) is 11.3. The Morgan fingerprint density at radius 3 is 2.29 bits per heavy atom. The largest absolute Gasteiger partial charge is 0.300 e. The van der Waals surface area contributed by atoms with Gasteiger partial charge in [0.1, 0.15) is 5.78 Å². The maximum absolute atomic E-state index is 11.7. The van der Waals surface area contributed by atoms with Gasteiger partial charge in [-0.25, -0.2) is 0 Å². The molecule has 0 aliphatic heterocycles. The van der Waals surface area contributed by atoms with Gasteiger partial charge in [-0.1, -0.05) is 51.1 Å². The molecule has 0 N–H and O–H groups in total. The number of hydrogen-bond acceptors (Lipinski definition) is 1. The third kappa shape index (κ3) is 6.93. The normalized spacial score (nSPS) is 11.5. The standard InChI is InChI=1S/C16H24O/c1-16(2,3)13-12-15(17)11-7-10-14-8-5-4-6-9-14/h4-6,8-9H,7,10-13H2,1-3H3. The van der Waals surface area contributed by atoms with Gasteiger partial charge in [0, 0.05) is 12.8 Å². The Balaban J connectivity index is 2.17. The lowest BCUT2D eigenvalue weighted by Gasteiger charge is -2.16. The van der Waals surface area contributed by atoms with Crippen LogP contribution in [0.1, 0.15) is 52.0 Å². The highest BCUT2D eigenvalue weighted by Gasteiger charge is 2.12. The van der Waals surface area contributed by atoms with Gasteiger partial charge in [0.2, 0.25) is 0 Å². The number of benzene rings is 1. The topological polar surface area (TPSA) is 17.1 Å². The van der Waals surface area contributed by atoms with E-state index in [-0.39, 0.29) is 5.41 Å². The molecule has 0 bridgehead atoms. The average molecular weight is 232 g/mol. The summed E-state index contributed by atoms with van der Waals surface area (Å²) in [7, 11) is 0. The summed E-state index contributed by atoms with van der Waals surface area (Å²) in [6, 6.07) is 10.4. The van der Waals surface area contributed by atoms with Crippen LogP contribution in [0.4, 0.5) is 0 Å². The third-order valence-corrected chi connectivity index (χ3v) is 2.92. The maximum Gasteiger partial charge on any atom is 0.132 e. The van der Waals surface area contributed by atoms with Crippen molar-refractivity contribution in [1.29, 1.82) is 0 Å². The van der Waals surface area contributed by atoms with Crippen LogP contribution in [0.25, 0.3) is 0 Å². The van der Waals surface area contributed by atoms with Crippen molar-refractivity contribution in [2.24, 2.45) is 5.41 Å². The van der Waals surface area contributed by atoms with Crippen LogP contribution in [0.2, 0.25) is 0 Å². The minimum atomic E-state index is 0.273. The Hall–Kier alpha value is -1.11. The average Bonchev–Trinajstić information content (AvgIpc) is 2.27. The van der Waals surface area contributed by atoms with Crippen molar-refractivity contribution in [2.75, 3.05) is 0 Å². The molecule has 0 amide bonds. The number of hydrogen-bond donors (Lipinski definition) is 0. The second kappa shape index (κ2) is 6.58. The summed E-state index contributed by atoms with van der Waals surface area (Å²) in [5.74, 6) is 0.413. The molecular formula is C16H24O. The molecule has 1 nitrogen and oxygen atoms in total. The Morgan fingerprint density at radius 2 is 1.71 bits per heavy atom. The molecule has 1 aromatic rings. The maximum atomic E-state index is 11.7. The van der Waals surface area contributed by atoms with Crippen molar-refractivity contribution in [2.45, 2.75) is 52.9 Å². The highest BCUT2D eigenvalue weighted by Crippen LogP contribution is 2.21. The smallest absolute Gasteiger partial charge is 0.132 e. The molecule has 0 unspecified atom stereocenters. The fraction of sp³-hybridized carbons (Fsp3) is 0.562. The summed E-state index contributed by atoms with van der Waals surface area (Å²) >= 11 is 0. The summed E-state index contributed by atoms with van der Waals surface area (Å²) in [5, 5.41) is 0. The van der Waals surface area contributed by atoms with Gasteiger partial charge >= 0.3 is 0 Å². The lowest BCUT2D eigenvalue weighted by molar-refractivity contribution is -0.119. The molecule has 0 saturated carbocycles. The molecule has 17 heavy (non-hydrogen) atoms. The fourth-order valence-electron chi connectivity index (χ4n) is 1.77. The number of carbonyl (C=O) groups is 1. The lowest BCUT2D eigenvalue weighted by Crippen LogP contribution is -2.09. The van der Waals surface area contributed by atoms with Gasteiger partial charge in [-0.2, -0.15) is 0 Å². The van der Waals surface area contributed by atoms with Gasteiger partial charge in [0.15, 0.2) is 0 Å². The molecule has 0 aliphatic rings. The monoisotopic (exact) mass is 232 g/mol. The van der Waals surface area contributed by atoms with Crippen LogP contribution in [0.5, 0.6) is 0 Å². The van der Waals surface area contributed by atoms with Crippen LogP contribution in [-0.2, 0) is 11.2 Å². The Bertz CT molecular complexity index is 332. The summed E-state index contributed by atoms with van der Waals surface area (Å²) in [4.78, 5) is 11.7. The van der Waals surface area contributed by atoms with Crippen molar-refractivity contribution in [1.82, 2.24) is 0 Å². The van der Waals surface area contributed by atoms with E-state index in [0.717, 1.165) is 32.1 Å². The molecule has 1 rings (SSSR count). The van der Waals surface area contributed by atoms with Crippen molar-refractivity contribution in [3.8, 4) is 0 Å². The molecule has 0 spiro atoms. The number of rotatable bonds is 6. The second-order valence-corrected chi connectivity index (χ2v) is 5.94. The van der Waals surface area contributed by atoms with Gasteiger partial charge in [-0.05, 0) is 30.2 Å². The molecule has 0 aromatic heterocycles. The number of ketones is 1. The first-order valence-corrected chi connectivity index (χ1v) is 6.53. The minimum absolute atomic E-state index is 0.273. The predicted octanol–water partition coefficient (Wildman–Crippen LogP) is 4.40. The molecule has 1 aromatic carbocycles. The van der Waals surface area contributed by atoms with E-state index in [0.29, 0.717) is 5.78 Å². The third-order valence-electron chi connectivity index (χ3n) is 2.92. The highest BCUT2D eigenvalue weighted by molar-refractivity contribution is 5.78. The molecule has 0 atom stereocenters. The summed E-state index contributed by atoms with van der Waals surface area (Å²) in [6.45, 7) is 6.55. The first-order valence-electron chi connectivity index (χ1n) is 6.53. The van der Waals surface area contributed by atoms with Crippen LogP contribution in [0, 0.1) is 5.41 Å². The first-order chi connectivity index (χ1) is 7.97. The van der Waals surface area contributed by atoms with E-state index in [1.165, 1.54) is 5.56 Å². The first kappa shape index (κ1) is 14.0. The van der Waals surface area contributed by atoms with E-state index in [1.807, 2.05) is 6.07 Å². The second-order valence-electron chi connectivity index (χ2n) is 5.94. The SMILES string of the molecule is CC(C)(C)CCC(=O)CCCc1ccccc1. The Labute approximate surface area is 105 Å². The van der Waals surface area contributed by atoms with Crippen LogP contribution < -0.4 is 0 Å². The zero-order chi connectivity index (χ0) is 12.7. The summed E-state index contributed by atoms with van der Waals surface area (Å²) in [6.07, 6.45) is 4.45. The quantitative estimate of drug-likeness (QED) is 0.710. The van der Waals surface area contributed by atoms with Gasteiger partial charge in [0.05, 0.1) is 0 Å². The van der Waals surface area contributed by atoms with Crippen LogP contribution >= 0.6 is 0 Å². The van der Waals surface area contributed by atoms with Gasteiger partial charge < -0.3 is 0 Å². The van der Waals surface area contributed by atoms with E-state index in [2.05, 4.69) is 45.0 Å². The minimum Gasteiger partial charge on any atom is -0.300 e. The van der Waals surface area contributed by atoms with Gasteiger partial charge in [0.25, 0.3) is 0 Å². The summed E-state index contributed by atoms with van der Waals surface area (Å²) < 4.78 is 0. The van der Waals surface area contributed by atoms with E-state index in [4.69, 9.17) is 0 Å². The fourth-order valence-corrected chi connectivity index (χ4v) is 1.77. The predicted molar refractivity (Wildman–Crippen MR) is 73.1 cm³/mol. The number of aryl methyl sites for hydroxylation is 1. The Morgan fingerprint density at radius 1 is 1.06 bits per heavy atom. The molecule has 0 fully saturated rings. The molecule has 94 valence electrons. The van der Waals surface area contributed by atoms with E-state index >= 15 is 0 Å². The molecular weight excluding hydrogens is 208 g/mol. The van der Waals surface area contributed by atoms with E-state index in [1.54, 1.807) is 0 Å². The van der Waals surface area contributed by atoms with Crippen LogP contribution in [0.15, 0.2) is 30.3 Å². The molecule has 0 heterocycles. The number of carbonyl (C=O) groups excluding carboxylic acids is 1. The molecule has 0 saturated heterocycles. The van der Waals surface area contributed by atoms with Crippen molar-refractivity contribution >= 4 is 5.78 Å². The highest BCUT2D eigenvalue weighted by atomic mass is 16.1. The molecule has 0 aliphatic carbocycles. The summed E-state index contributed by atoms with van der Waals surface area (Å²) in [5.41, 5.74) is 1.60. The Kier molecular flexibility index (Phi) is 5.40. The van der Waals surface area contributed by atoms with Crippen molar-refractivity contribution in [3.63, 3.8) is 0 Å². The van der Waals surface area contributed by atoms with Crippen molar-refractivity contribution in [3.05, 3.63) is 35.9 Å². The van der Waals surface area contributed by atoms with Gasteiger partial charge in [-0.15, -0.1) is 0 Å². The lowest BCUT2D eigenvalue weighted by atomic mass is 9.89. The molecule has 0 radical (unpaired) electrons. The van der Waals surface area contributed by atoms with Crippen molar-refractivity contribution < 1.29 is 4.79 Å². The molecule has 1 heteroatoms.